The Kier molecular flexibility index (Phi) is 4.12. The SMILES string of the molecule is NNC(Cc1sccc1Br)c1nccc2ccccc12. The number of nitrogens with two attached hydrogens (primary N) is 1. The molecule has 0 fully saturated rings. The van der Waals surface area contributed by atoms with E-state index in [-0.39, 0.29) is 6.04 Å². The Labute approximate surface area is 129 Å². The number of hydrogen-bond acceptors (Lipinski definition) is 4. The fourth-order valence-electron chi connectivity index (χ4n) is 2.31. The molecule has 3 nitrogen and oxygen atoms in total. The molecule has 0 radical (unpaired) electrons. The Bertz CT molecular complexity index is 720. The number of nitrogens with zero attached hydrogens (tertiary/aromatic N) is 1. The van der Waals surface area contributed by atoms with Crippen molar-refractivity contribution in [2.45, 2.75) is 12.5 Å². The van der Waals surface area contributed by atoms with E-state index in [1.807, 2.05) is 24.4 Å². The van der Waals surface area contributed by atoms with Crippen molar-refractivity contribution >= 4 is 38.0 Å². The first kappa shape index (κ1) is 13.7. The summed E-state index contributed by atoms with van der Waals surface area (Å²) in [7, 11) is 0. The molecule has 0 aliphatic heterocycles. The highest BCUT2D eigenvalue weighted by atomic mass is 79.9. The molecule has 0 aliphatic rings. The van der Waals surface area contributed by atoms with Crippen LogP contribution in [0, 0.1) is 0 Å². The Hall–Kier alpha value is -1.27. The van der Waals surface area contributed by atoms with Crippen LogP contribution in [0.5, 0.6) is 0 Å². The van der Waals surface area contributed by atoms with E-state index in [4.69, 9.17) is 5.84 Å². The van der Waals surface area contributed by atoms with Crippen molar-refractivity contribution in [3.05, 3.63) is 63.0 Å². The summed E-state index contributed by atoms with van der Waals surface area (Å²) in [5.41, 5.74) is 3.89. The zero-order valence-corrected chi connectivity index (χ0v) is 13.1. The molecule has 1 unspecified atom stereocenters. The van der Waals surface area contributed by atoms with Gasteiger partial charge in [-0.25, -0.2) is 0 Å². The van der Waals surface area contributed by atoms with Gasteiger partial charge in [0.1, 0.15) is 0 Å². The van der Waals surface area contributed by atoms with Crippen LogP contribution < -0.4 is 11.3 Å². The molecule has 0 saturated heterocycles. The van der Waals surface area contributed by atoms with Gasteiger partial charge in [-0.3, -0.25) is 16.3 Å². The van der Waals surface area contributed by atoms with Crippen molar-refractivity contribution in [1.29, 1.82) is 0 Å². The summed E-state index contributed by atoms with van der Waals surface area (Å²) in [4.78, 5) is 5.80. The van der Waals surface area contributed by atoms with E-state index in [9.17, 15) is 0 Å². The molecule has 2 heterocycles. The number of nitrogens with one attached hydrogen (secondary N) is 1. The van der Waals surface area contributed by atoms with Gasteiger partial charge in [0.05, 0.1) is 11.7 Å². The highest BCUT2D eigenvalue weighted by Gasteiger charge is 2.17. The molecule has 0 aliphatic carbocycles. The lowest BCUT2D eigenvalue weighted by Gasteiger charge is -2.17. The molecule has 0 spiro atoms. The third-order valence-electron chi connectivity index (χ3n) is 3.32. The lowest BCUT2D eigenvalue weighted by molar-refractivity contribution is 0.545. The number of fused-ring (bicyclic) bond motifs is 1. The number of benzene rings is 1. The van der Waals surface area contributed by atoms with Crippen LogP contribution in [0.15, 0.2) is 52.4 Å². The van der Waals surface area contributed by atoms with Crippen LogP contribution in [0.2, 0.25) is 0 Å². The van der Waals surface area contributed by atoms with Crippen LogP contribution in [0.25, 0.3) is 10.8 Å². The van der Waals surface area contributed by atoms with Crippen LogP contribution in [-0.4, -0.2) is 4.98 Å². The topological polar surface area (TPSA) is 50.9 Å². The maximum atomic E-state index is 5.76. The quantitative estimate of drug-likeness (QED) is 0.557. The third kappa shape index (κ3) is 2.62. The molecule has 2 aromatic heterocycles. The fraction of sp³-hybridized carbons (Fsp3) is 0.133. The molecule has 0 saturated carbocycles. The van der Waals surface area contributed by atoms with Crippen LogP contribution in [0.1, 0.15) is 16.6 Å². The molecule has 0 amide bonds. The van der Waals surface area contributed by atoms with Crippen molar-refractivity contribution in [2.75, 3.05) is 0 Å². The van der Waals surface area contributed by atoms with Crippen LogP contribution in [0.3, 0.4) is 0 Å². The van der Waals surface area contributed by atoms with Crippen LogP contribution in [-0.2, 0) is 6.42 Å². The summed E-state index contributed by atoms with van der Waals surface area (Å²) in [5.74, 6) is 5.76. The van der Waals surface area contributed by atoms with E-state index in [1.54, 1.807) is 11.3 Å². The normalized spacial score (nSPS) is 12.7. The van der Waals surface area contributed by atoms with Gasteiger partial charge in [0.15, 0.2) is 0 Å². The Balaban J connectivity index is 2.01. The van der Waals surface area contributed by atoms with Crippen molar-refractivity contribution in [3.63, 3.8) is 0 Å². The first-order valence-corrected chi connectivity index (χ1v) is 7.98. The molecule has 1 aromatic carbocycles. The van der Waals surface area contributed by atoms with Gasteiger partial charge in [0.25, 0.3) is 0 Å². The summed E-state index contributed by atoms with van der Waals surface area (Å²) >= 11 is 5.29. The molecule has 1 atom stereocenters. The number of hydrogen-bond donors (Lipinski definition) is 2. The van der Waals surface area contributed by atoms with E-state index in [0.29, 0.717) is 0 Å². The average Bonchev–Trinajstić information content (AvgIpc) is 2.89. The molecule has 3 aromatic rings. The minimum atomic E-state index is -0.00366. The number of thiophene rings is 1. The average molecular weight is 348 g/mol. The van der Waals surface area contributed by atoms with Crippen molar-refractivity contribution in [1.82, 2.24) is 10.4 Å². The van der Waals surface area contributed by atoms with Gasteiger partial charge < -0.3 is 0 Å². The standard InChI is InChI=1S/C15H14BrN3S/c16-12-6-8-20-14(12)9-13(19-17)15-11-4-2-1-3-10(11)5-7-18-15/h1-8,13,19H,9,17H2. The second kappa shape index (κ2) is 6.01. The van der Waals surface area contributed by atoms with Gasteiger partial charge in [-0.05, 0) is 38.8 Å². The third-order valence-corrected chi connectivity index (χ3v) is 5.26. The predicted octanol–water partition coefficient (Wildman–Crippen LogP) is 3.81. The van der Waals surface area contributed by atoms with Gasteiger partial charge in [-0.2, -0.15) is 0 Å². The van der Waals surface area contributed by atoms with Crippen molar-refractivity contribution in [3.8, 4) is 0 Å². The predicted molar refractivity (Wildman–Crippen MR) is 87.5 cm³/mol. The van der Waals surface area contributed by atoms with Crippen molar-refractivity contribution < 1.29 is 0 Å². The smallest absolute Gasteiger partial charge is 0.0686 e. The van der Waals surface area contributed by atoms with E-state index in [2.05, 4.69) is 49.9 Å². The van der Waals surface area contributed by atoms with Crippen LogP contribution >= 0.6 is 27.3 Å². The summed E-state index contributed by atoms with van der Waals surface area (Å²) < 4.78 is 1.13. The van der Waals surface area contributed by atoms with Gasteiger partial charge >= 0.3 is 0 Å². The monoisotopic (exact) mass is 347 g/mol. The number of halogens is 1. The Morgan fingerprint density at radius 1 is 1.25 bits per heavy atom. The van der Waals surface area contributed by atoms with Gasteiger partial charge in [-0.15, -0.1) is 11.3 Å². The zero-order chi connectivity index (χ0) is 13.9. The maximum Gasteiger partial charge on any atom is 0.0686 e. The summed E-state index contributed by atoms with van der Waals surface area (Å²) in [6.07, 6.45) is 2.65. The van der Waals surface area contributed by atoms with Gasteiger partial charge in [0, 0.05) is 27.4 Å². The Morgan fingerprint density at radius 2 is 2.10 bits per heavy atom. The molecular formula is C15H14BrN3S. The summed E-state index contributed by atoms with van der Waals surface area (Å²) in [6.45, 7) is 0. The molecule has 20 heavy (non-hydrogen) atoms. The number of pyridine rings is 1. The molecular weight excluding hydrogens is 334 g/mol. The molecule has 0 bridgehead atoms. The minimum Gasteiger partial charge on any atom is -0.271 e. The number of rotatable bonds is 4. The van der Waals surface area contributed by atoms with E-state index < -0.39 is 0 Å². The van der Waals surface area contributed by atoms with E-state index >= 15 is 0 Å². The zero-order valence-electron chi connectivity index (χ0n) is 10.7. The Morgan fingerprint density at radius 3 is 2.85 bits per heavy atom. The molecule has 5 heteroatoms. The molecule has 3 N–H and O–H groups in total. The number of aromatic nitrogens is 1. The van der Waals surface area contributed by atoms with Crippen LogP contribution in [0.4, 0.5) is 0 Å². The van der Waals surface area contributed by atoms with Gasteiger partial charge in [-0.1, -0.05) is 24.3 Å². The van der Waals surface area contributed by atoms with E-state index in [1.165, 1.54) is 10.3 Å². The number of hydrazine groups is 1. The largest absolute Gasteiger partial charge is 0.271 e. The molecule has 102 valence electrons. The first-order valence-electron chi connectivity index (χ1n) is 6.31. The molecule has 3 rings (SSSR count). The summed E-state index contributed by atoms with van der Waals surface area (Å²) in [6, 6.07) is 12.3. The van der Waals surface area contributed by atoms with Crippen molar-refractivity contribution in [2.24, 2.45) is 5.84 Å². The lowest BCUT2D eigenvalue weighted by atomic mass is 10.0. The maximum absolute atomic E-state index is 5.76. The minimum absolute atomic E-state index is 0.00366. The second-order valence-corrected chi connectivity index (χ2v) is 6.39. The highest BCUT2D eigenvalue weighted by Crippen LogP contribution is 2.29. The van der Waals surface area contributed by atoms with E-state index in [0.717, 1.165) is 22.0 Å². The summed E-state index contributed by atoms with van der Waals surface area (Å²) in [5, 5.41) is 4.40. The second-order valence-electron chi connectivity index (χ2n) is 4.53. The van der Waals surface area contributed by atoms with Gasteiger partial charge in [0.2, 0.25) is 0 Å². The highest BCUT2D eigenvalue weighted by molar-refractivity contribution is 9.10. The lowest BCUT2D eigenvalue weighted by Crippen LogP contribution is -2.30. The first-order chi connectivity index (χ1) is 9.79. The fourth-order valence-corrected chi connectivity index (χ4v) is 3.87.